The van der Waals surface area contributed by atoms with E-state index >= 15 is 0 Å². The van der Waals surface area contributed by atoms with Crippen LogP contribution in [0, 0.1) is 16.7 Å². The van der Waals surface area contributed by atoms with Gasteiger partial charge in [-0.05, 0) is 18.3 Å². The first-order valence-electron chi connectivity index (χ1n) is 7.33. The summed E-state index contributed by atoms with van der Waals surface area (Å²) in [5.41, 5.74) is -0.661. The van der Waals surface area contributed by atoms with Gasteiger partial charge in [0.15, 0.2) is 0 Å². The van der Waals surface area contributed by atoms with E-state index in [4.69, 9.17) is 4.74 Å². The number of nitrogens with zero attached hydrogens (tertiary/aromatic N) is 1. The normalized spacial score (nSPS) is 30.1. The van der Waals surface area contributed by atoms with E-state index in [1.807, 2.05) is 0 Å². The number of carboxylic acid groups (broad SMARTS) is 1. The molecule has 2 fully saturated rings. The van der Waals surface area contributed by atoms with Gasteiger partial charge in [0, 0.05) is 32.0 Å². The predicted octanol–water partition coefficient (Wildman–Crippen LogP) is 1.76. The number of hydrogen-bond acceptors (Lipinski definition) is 3. The maximum Gasteiger partial charge on any atom is 0.311 e. The molecule has 1 N–H and O–H groups in total. The fraction of sp³-hybridized carbons (Fsp3) is 0.867. The van der Waals surface area contributed by atoms with Crippen LogP contribution in [0.4, 0.5) is 0 Å². The Morgan fingerprint density at radius 1 is 1.40 bits per heavy atom. The van der Waals surface area contributed by atoms with Crippen LogP contribution in [-0.2, 0) is 14.3 Å². The average molecular weight is 283 g/mol. The monoisotopic (exact) mass is 283 g/mol. The van der Waals surface area contributed by atoms with Crippen molar-refractivity contribution in [3.8, 4) is 0 Å². The van der Waals surface area contributed by atoms with Gasteiger partial charge in [-0.15, -0.1) is 0 Å². The molecule has 2 aliphatic rings. The van der Waals surface area contributed by atoms with E-state index in [1.165, 1.54) is 0 Å². The Morgan fingerprint density at radius 3 is 2.65 bits per heavy atom. The molecule has 2 saturated heterocycles. The highest BCUT2D eigenvalue weighted by molar-refractivity contribution is 5.81. The van der Waals surface area contributed by atoms with Crippen LogP contribution in [0.15, 0.2) is 0 Å². The number of aliphatic carboxylic acids is 1. The molecular weight excluding hydrogens is 258 g/mol. The number of ether oxygens (including phenoxy) is 1. The fourth-order valence-corrected chi connectivity index (χ4v) is 3.13. The van der Waals surface area contributed by atoms with Crippen LogP contribution in [-0.4, -0.2) is 48.2 Å². The molecule has 5 heteroatoms. The van der Waals surface area contributed by atoms with Crippen molar-refractivity contribution in [2.75, 3.05) is 26.3 Å². The standard InChI is InChI=1S/C15H25NO4/c1-14(2,3)5-4-12(17)16-8-11-9-20-7-6-15(11,10-16)13(18)19/h11H,4-10H2,1-3H3,(H,18,19)/t11-,15+/m0/s1. The van der Waals surface area contributed by atoms with Crippen LogP contribution in [0.5, 0.6) is 0 Å². The SMILES string of the molecule is CC(C)(C)CCC(=O)N1C[C@H]2COCC[C@@]2(C(=O)O)C1. The zero-order chi connectivity index (χ0) is 15.0. The fourth-order valence-electron chi connectivity index (χ4n) is 3.13. The lowest BCUT2D eigenvalue weighted by Crippen LogP contribution is -2.45. The molecule has 1 amide bonds. The summed E-state index contributed by atoms with van der Waals surface area (Å²) in [6, 6.07) is 0. The van der Waals surface area contributed by atoms with Crippen molar-refractivity contribution < 1.29 is 19.4 Å². The quantitative estimate of drug-likeness (QED) is 0.857. The van der Waals surface area contributed by atoms with Crippen LogP contribution in [0.2, 0.25) is 0 Å². The first-order chi connectivity index (χ1) is 9.24. The van der Waals surface area contributed by atoms with Gasteiger partial charge in [0.2, 0.25) is 5.91 Å². The Labute approximate surface area is 120 Å². The van der Waals surface area contributed by atoms with Gasteiger partial charge in [0.1, 0.15) is 0 Å². The molecule has 0 unspecified atom stereocenters. The number of carboxylic acids is 1. The number of carbonyl (C=O) groups excluding carboxylic acids is 1. The Kier molecular flexibility index (Phi) is 4.09. The molecule has 0 aromatic carbocycles. The van der Waals surface area contributed by atoms with E-state index in [0.29, 0.717) is 39.1 Å². The number of carbonyl (C=O) groups is 2. The van der Waals surface area contributed by atoms with Crippen LogP contribution in [0.1, 0.15) is 40.0 Å². The summed E-state index contributed by atoms with van der Waals surface area (Å²) in [7, 11) is 0. The zero-order valence-corrected chi connectivity index (χ0v) is 12.6. The Hall–Kier alpha value is -1.10. The lowest BCUT2D eigenvalue weighted by Gasteiger charge is -2.33. The highest BCUT2D eigenvalue weighted by Gasteiger charge is 2.54. The van der Waals surface area contributed by atoms with Crippen LogP contribution in [0.3, 0.4) is 0 Å². The van der Waals surface area contributed by atoms with E-state index < -0.39 is 11.4 Å². The van der Waals surface area contributed by atoms with Crippen molar-refractivity contribution in [1.82, 2.24) is 4.90 Å². The van der Waals surface area contributed by atoms with Gasteiger partial charge in [0.05, 0.1) is 12.0 Å². The smallest absolute Gasteiger partial charge is 0.311 e. The van der Waals surface area contributed by atoms with E-state index in [1.54, 1.807) is 4.90 Å². The summed E-state index contributed by atoms with van der Waals surface area (Å²) in [4.78, 5) is 25.7. The second kappa shape index (κ2) is 5.35. The lowest BCUT2D eigenvalue weighted by atomic mass is 9.74. The average Bonchev–Trinajstić information content (AvgIpc) is 2.75. The Bertz CT molecular complexity index is 401. The summed E-state index contributed by atoms with van der Waals surface area (Å²) in [5, 5.41) is 9.56. The molecule has 2 rings (SSSR count). The van der Waals surface area contributed by atoms with Gasteiger partial charge in [0.25, 0.3) is 0 Å². The van der Waals surface area contributed by atoms with Gasteiger partial charge in [-0.2, -0.15) is 0 Å². The number of amides is 1. The summed E-state index contributed by atoms with van der Waals surface area (Å²) < 4.78 is 5.40. The minimum Gasteiger partial charge on any atom is -0.481 e. The van der Waals surface area contributed by atoms with Crippen molar-refractivity contribution in [3.05, 3.63) is 0 Å². The van der Waals surface area contributed by atoms with Crippen molar-refractivity contribution in [2.24, 2.45) is 16.7 Å². The molecule has 0 spiro atoms. The van der Waals surface area contributed by atoms with Gasteiger partial charge in [-0.1, -0.05) is 20.8 Å². The molecule has 0 aromatic heterocycles. The third-order valence-electron chi connectivity index (χ3n) is 4.57. The molecular formula is C15H25NO4. The largest absolute Gasteiger partial charge is 0.481 e. The molecule has 0 aliphatic carbocycles. The molecule has 0 bridgehead atoms. The maximum absolute atomic E-state index is 12.3. The summed E-state index contributed by atoms with van der Waals surface area (Å²) >= 11 is 0. The zero-order valence-electron chi connectivity index (χ0n) is 12.6. The lowest BCUT2D eigenvalue weighted by molar-refractivity contribution is -0.157. The molecule has 0 aromatic rings. The van der Waals surface area contributed by atoms with Crippen LogP contribution < -0.4 is 0 Å². The molecule has 0 saturated carbocycles. The second-order valence-corrected chi connectivity index (χ2v) is 7.32. The molecule has 0 radical (unpaired) electrons. The molecule has 2 atom stereocenters. The molecule has 114 valence electrons. The van der Waals surface area contributed by atoms with Gasteiger partial charge < -0.3 is 14.7 Å². The minimum absolute atomic E-state index is 0.0627. The summed E-state index contributed by atoms with van der Waals surface area (Å²) in [6.07, 6.45) is 1.83. The van der Waals surface area contributed by atoms with Crippen molar-refractivity contribution in [2.45, 2.75) is 40.0 Å². The van der Waals surface area contributed by atoms with Crippen molar-refractivity contribution in [3.63, 3.8) is 0 Å². The number of likely N-dealkylation sites (tertiary alicyclic amines) is 1. The third-order valence-corrected chi connectivity index (χ3v) is 4.57. The predicted molar refractivity (Wildman–Crippen MR) is 74.3 cm³/mol. The number of hydrogen-bond donors (Lipinski definition) is 1. The topological polar surface area (TPSA) is 66.8 Å². The number of rotatable bonds is 3. The van der Waals surface area contributed by atoms with Gasteiger partial charge in [-0.25, -0.2) is 0 Å². The van der Waals surface area contributed by atoms with Crippen molar-refractivity contribution >= 4 is 11.9 Å². The molecule has 2 heterocycles. The second-order valence-electron chi connectivity index (χ2n) is 7.32. The molecule has 20 heavy (non-hydrogen) atoms. The third kappa shape index (κ3) is 2.97. The minimum atomic E-state index is -0.782. The first-order valence-corrected chi connectivity index (χ1v) is 7.33. The molecule has 2 aliphatic heterocycles. The van der Waals surface area contributed by atoms with E-state index in [9.17, 15) is 14.7 Å². The summed E-state index contributed by atoms with van der Waals surface area (Å²) in [5.74, 6) is -0.765. The number of fused-ring (bicyclic) bond motifs is 1. The Morgan fingerprint density at radius 2 is 2.10 bits per heavy atom. The van der Waals surface area contributed by atoms with Gasteiger partial charge in [-0.3, -0.25) is 9.59 Å². The maximum atomic E-state index is 12.3. The van der Waals surface area contributed by atoms with Gasteiger partial charge >= 0.3 is 5.97 Å². The molecule has 5 nitrogen and oxygen atoms in total. The highest BCUT2D eigenvalue weighted by Crippen LogP contribution is 2.42. The van der Waals surface area contributed by atoms with Crippen molar-refractivity contribution in [1.29, 1.82) is 0 Å². The highest BCUT2D eigenvalue weighted by atomic mass is 16.5. The van der Waals surface area contributed by atoms with Crippen LogP contribution >= 0.6 is 0 Å². The van der Waals surface area contributed by atoms with Crippen LogP contribution in [0.25, 0.3) is 0 Å². The van der Waals surface area contributed by atoms with E-state index in [0.717, 1.165) is 6.42 Å². The van der Waals surface area contributed by atoms with E-state index in [2.05, 4.69) is 20.8 Å². The Balaban J connectivity index is 2.02. The summed E-state index contributed by atoms with van der Waals surface area (Å²) in [6.45, 7) is 8.13. The van der Waals surface area contributed by atoms with E-state index in [-0.39, 0.29) is 17.2 Å². The first kappa shape index (κ1) is 15.3.